The lowest BCUT2D eigenvalue weighted by Crippen LogP contribution is -2.16. The van der Waals surface area contributed by atoms with Gasteiger partial charge in [0.2, 0.25) is 11.8 Å². The fourth-order valence-corrected chi connectivity index (χ4v) is 3.78. The Morgan fingerprint density at radius 3 is 2.34 bits per heavy atom. The minimum atomic E-state index is -0.160. The van der Waals surface area contributed by atoms with Crippen molar-refractivity contribution in [2.45, 2.75) is 34.1 Å². The maximum atomic E-state index is 13.0. The van der Waals surface area contributed by atoms with Gasteiger partial charge in [-0.3, -0.25) is 9.59 Å². The maximum Gasteiger partial charge on any atom is 0.230 e. The van der Waals surface area contributed by atoms with E-state index in [9.17, 15) is 9.59 Å². The number of anilines is 2. The maximum absolute atomic E-state index is 13.0. The molecule has 0 fully saturated rings. The topological polar surface area (TPSA) is 75.5 Å². The molecule has 0 spiro atoms. The number of carbonyl (C=O) groups excluding carboxylic acids is 2. The van der Waals surface area contributed by atoms with E-state index in [2.05, 4.69) is 42.7 Å². The lowest BCUT2D eigenvalue weighted by atomic mass is 10.0. The zero-order valence-corrected chi connectivity index (χ0v) is 18.7. The molecule has 6 heteroatoms. The van der Waals surface area contributed by atoms with Crippen LogP contribution in [0.3, 0.4) is 0 Å². The highest BCUT2D eigenvalue weighted by Gasteiger charge is 2.18. The number of imidazole rings is 1. The smallest absolute Gasteiger partial charge is 0.230 e. The van der Waals surface area contributed by atoms with Crippen molar-refractivity contribution in [3.05, 3.63) is 83.2 Å². The van der Waals surface area contributed by atoms with Crippen LogP contribution in [0.4, 0.5) is 11.4 Å². The van der Waals surface area contributed by atoms with E-state index < -0.39 is 0 Å². The molecule has 32 heavy (non-hydrogen) atoms. The first-order chi connectivity index (χ1) is 15.3. The van der Waals surface area contributed by atoms with E-state index >= 15 is 0 Å². The second-order valence-corrected chi connectivity index (χ2v) is 8.08. The van der Waals surface area contributed by atoms with Gasteiger partial charge >= 0.3 is 0 Å². The molecule has 0 atom stereocenters. The van der Waals surface area contributed by atoms with Crippen LogP contribution in [-0.4, -0.2) is 21.2 Å². The number of pyridine rings is 1. The zero-order valence-electron chi connectivity index (χ0n) is 18.7. The number of nitrogens with zero attached hydrogens (tertiary/aromatic N) is 2. The SMILES string of the molecule is CC(=O)Nc1cccc(NC(=O)Cc2c(-c3ccc(C)c(C)c3)nc3c(C)cccn23)c1. The molecule has 4 rings (SSSR count). The van der Waals surface area contributed by atoms with Crippen LogP contribution >= 0.6 is 0 Å². The Balaban J connectivity index is 1.69. The molecule has 6 nitrogen and oxygen atoms in total. The van der Waals surface area contributed by atoms with Gasteiger partial charge in [-0.05, 0) is 67.8 Å². The van der Waals surface area contributed by atoms with E-state index in [1.54, 1.807) is 24.3 Å². The molecular formula is C26H26N4O2. The molecular weight excluding hydrogens is 400 g/mol. The Morgan fingerprint density at radius 2 is 1.62 bits per heavy atom. The van der Waals surface area contributed by atoms with E-state index in [1.165, 1.54) is 18.1 Å². The fourth-order valence-electron chi connectivity index (χ4n) is 3.78. The highest BCUT2D eigenvalue weighted by atomic mass is 16.2. The summed E-state index contributed by atoms with van der Waals surface area (Å²) in [6.07, 6.45) is 2.11. The summed E-state index contributed by atoms with van der Waals surface area (Å²) in [7, 11) is 0. The first-order valence-electron chi connectivity index (χ1n) is 10.5. The average Bonchev–Trinajstić information content (AvgIpc) is 3.09. The summed E-state index contributed by atoms with van der Waals surface area (Å²) < 4.78 is 1.99. The lowest BCUT2D eigenvalue weighted by Gasteiger charge is -2.10. The summed E-state index contributed by atoms with van der Waals surface area (Å²) in [5.41, 5.74) is 8.19. The summed E-state index contributed by atoms with van der Waals surface area (Å²) in [5, 5.41) is 5.67. The number of nitrogens with one attached hydrogen (secondary N) is 2. The molecule has 2 aromatic carbocycles. The molecule has 2 heterocycles. The number of hydrogen-bond donors (Lipinski definition) is 2. The third kappa shape index (κ3) is 4.39. The van der Waals surface area contributed by atoms with E-state index in [4.69, 9.17) is 4.98 Å². The van der Waals surface area contributed by atoms with Crippen LogP contribution in [0.25, 0.3) is 16.9 Å². The Bertz CT molecular complexity index is 1340. The monoisotopic (exact) mass is 426 g/mol. The van der Waals surface area contributed by atoms with Crippen molar-refractivity contribution < 1.29 is 9.59 Å². The fraction of sp³-hybridized carbons (Fsp3) is 0.192. The van der Waals surface area contributed by atoms with Gasteiger partial charge < -0.3 is 15.0 Å². The van der Waals surface area contributed by atoms with Gasteiger partial charge in [-0.25, -0.2) is 4.98 Å². The van der Waals surface area contributed by atoms with Crippen molar-refractivity contribution in [2.75, 3.05) is 10.6 Å². The number of aromatic nitrogens is 2. The van der Waals surface area contributed by atoms with Gasteiger partial charge in [-0.15, -0.1) is 0 Å². The molecule has 2 N–H and O–H groups in total. The molecule has 2 aromatic heterocycles. The number of carbonyl (C=O) groups is 2. The number of amides is 2. The van der Waals surface area contributed by atoms with Crippen molar-refractivity contribution in [3.63, 3.8) is 0 Å². The molecule has 4 aromatic rings. The van der Waals surface area contributed by atoms with Gasteiger partial charge in [0.15, 0.2) is 0 Å². The molecule has 0 unspecified atom stereocenters. The summed E-state index contributed by atoms with van der Waals surface area (Å²) in [4.78, 5) is 29.2. The quantitative estimate of drug-likeness (QED) is 0.468. The predicted molar refractivity (Wildman–Crippen MR) is 128 cm³/mol. The minimum absolute atomic E-state index is 0.154. The van der Waals surface area contributed by atoms with E-state index in [-0.39, 0.29) is 18.2 Å². The first-order valence-corrected chi connectivity index (χ1v) is 10.5. The Morgan fingerprint density at radius 1 is 0.875 bits per heavy atom. The molecule has 0 aliphatic rings. The number of benzene rings is 2. The second kappa shape index (κ2) is 8.67. The molecule has 0 aliphatic carbocycles. The predicted octanol–water partition coefficient (Wildman–Crippen LogP) is 5.07. The number of hydrogen-bond acceptors (Lipinski definition) is 3. The summed E-state index contributed by atoms with van der Waals surface area (Å²) in [5.74, 6) is -0.314. The number of fused-ring (bicyclic) bond motifs is 1. The van der Waals surface area contributed by atoms with Crippen LogP contribution in [0.5, 0.6) is 0 Å². The minimum Gasteiger partial charge on any atom is -0.326 e. The first kappa shape index (κ1) is 21.3. The van der Waals surface area contributed by atoms with Crippen molar-refractivity contribution in [3.8, 4) is 11.3 Å². The van der Waals surface area contributed by atoms with Crippen LogP contribution in [0, 0.1) is 20.8 Å². The van der Waals surface area contributed by atoms with Gasteiger partial charge in [0.1, 0.15) is 5.65 Å². The summed E-state index contributed by atoms with van der Waals surface area (Å²) in [6.45, 7) is 7.63. The summed E-state index contributed by atoms with van der Waals surface area (Å²) in [6, 6.07) is 17.3. The third-order valence-corrected chi connectivity index (χ3v) is 5.52. The van der Waals surface area contributed by atoms with Crippen molar-refractivity contribution in [2.24, 2.45) is 0 Å². The van der Waals surface area contributed by atoms with E-state index in [1.807, 2.05) is 29.7 Å². The largest absolute Gasteiger partial charge is 0.326 e. The molecule has 0 saturated heterocycles. The number of rotatable bonds is 5. The van der Waals surface area contributed by atoms with Crippen molar-refractivity contribution in [1.29, 1.82) is 0 Å². The van der Waals surface area contributed by atoms with Crippen LogP contribution in [-0.2, 0) is 16.0 Å². The van der Waals surface area contributed by atoms with Gasteiger partial charge in [0.05, 0.1) is 17.8 Å². The molecule has 0 radical (unpaired) electrons. The van der Waals surface area contributed by atoms with Gasteiger partial charge in [-0.2, -0.15) is 0 Å². The van der Waals surface area contributed by atoms with Crippen molar-refractivity contribution >= 4 is 28.8 Å². The average molecular weight is 427 g/mol. The van der Waals surface area contributed by atoms with E-state index in [0.29, 0.717) is 11.4 Å². The van der Waals surface area contributed by atoms with Gasteiger partial charge in [0, 0.05) is 30.1 Å². The van der Waals surface area contributed by atoms with Crippen LogP contribution in [0.1, 0.15) is 29.3 Å². The standard InChI is InChI=1S/C26H26N4O2/c1-16-10-11-20(13-18(16)3)25-23(30-12-6-7-17(2)26(30)29-25)15-24(32)28-22-9-5-8-21(14-22)27-19(4)31/h5-14H,15H2,1-4H3,(H,27,31)(H,28,32). The van der Waals surface area contributed by atoms with Crippen LogP contribution < -0.4 is 10.6 Å². The van der Waals surface area contributed by atoms with Gasteiger partial charge in [-0.1, -0.05) is 24.3 Å². The molecule has 162 valence electrons. The highest BCUT2D eigenvalue weighted by Crippen LogP contribution is 2.28. The molecule has 0 aliphatic heterocycles. The molecule has 2 amide bonds. The number of aryl methyl sites for hydroxylation is 3. The molecule has 0 bridgehead atoms. The third-order valence-electron chi connectivity index (χ3n) is 5.52. The highest BCUT2D eigenvalue weighted by molar-refractivity contribution is 5.95. The zero-order chi connectivity index (χ0) is 22.8. The van der Waals surface area contributed by atoms with Crippen LogP contribution in [0.15, 0.2) is 60.8 Å². The Kier molecular flexibility index (Phi) is 5.77. The van der Waals surface area contributed by atoms with Gasteiger partial charge in [0.25, 0.3) is 0 Å². The Labute approximate surface area is 187 Å². The van der Waals surface area contributed by atoms with E-state index in [0.717, 1.165) is 28.2 Å². The van der Waals surface area contributed by atoms with Crippen molar-refractivity contribution in [1.82, 2.24) is 9.38 Å². The normalized spacial score (nSPS) is 10.9. The molecule has 0 saturated carbocycles. The second-order valence-electron chi connectivity index (χ2n) is 8.08. The Hall–Kier alpha value is -3.93. The summed E-state index contributed by atoms with van der Waals surface area (Å²) >= 11 is 0. The lowest BCUT2D eigenvalue weighted by molar-refractivity contribution is -0.116. The van der Waals surface area contributed by atoms with Crippen LogP contribution in [0.2, 0.25) is 0 Å².